The number of nitrogens with one attached hydrogen (secondary N) is 1. The average molecular weight is 422 g/mol. The summed E-state index contributed by atoms with van der Waals surface area (Å²) in [5.41, 5.74) is 1.03. The highest BCUT2D eigenvalue weighted by atomic mass is 35.5. The number of H-pyrrole nitrogens is 1. The Morgan fingerprint density at radius 2 is 2.10 bits per heavy atom. The normalized spacial score (nSPS) is 17.8. The van der Waals surface area contributed by atoms with Crippen LogP contribution in [0.25, 0.3) is 11.3 Å². The third-order valence-electron chi connectivity index (χ3n) is 5.61. The Morgan fingerprint density at radius 1 is 1.34 bits per heavy atom. The number of likely N-dealkylation sites (N-methyl/N-ethyl adjacent to an activating group) is 1. The fourth-order valence-corrected chi connectivity index (χ4v) is 3.99. The lowest BCUT2D eigenvalue weighted by atomic mass is 10.00. The zero-order valence-electron chi connectivity index (χ0n) is 16.3. The average Bonchev–Trinajstić information content (AvgIpc) is 3.06. The third kappa shape index (κ3) is 3.65. The van der Waals surface area contributed by atoms with Crippen LogP contribution in [0.2, 0.25) is 0 Å². The first-order chi connectivity index (χ1) is 13.4. The summed E-state index contributed by atoms with van der Waals surface area (Å²) >= 11 is 0. The summed E-state index contributed by atoms with van der Waals surface area (Å²) in [6, 6.07) is 6.27. The predicted molar refractivity (Wildman–Crippen MR) is 112 cm³/mol. The number of benzene rings is 1. The number of nitrogens with zero attached hydrogens (tertiary/aromatic N) is 2. The molecule has 2 aromatic rings. The number of carbonyl (C=O) groups is 1. The van der Waals surface area contributed by atoms with E-state index in [-0.39, 0.29) is 19.0 Å². The molecule has 29 heavy (non-hydrogen) atoms. The predicted octanol–water partition coefficient (Wildman–Crippen LogP) is 1.94. The van der Waals surface area contributed by atoms with Gasteiger partial charge in [0.15, 0.2) is 5.56 Å². The summed E-state index contributed by atoms with van der Waals surface area (Å²) in [6.07, 6.45) is 1.39. The largest absolute Gasteiger partial charge is 0.506 e. The van der Waals surface area contributed by atoms with Gasteiger partial charge in [0.2, 0.25) is 0 Å². The molecule has 0 unspecified atom stereocenters. The summed E-state index contributed by atoms with van der Waals surface area (Å²) in [6.45, 7) is 2.17. The van der Waals surface area contributed by atoms with Gasteiger partial charge >= 0.3 is 5.97 Å². The number of aromatic amines is 1. The Bertz CT molecular complexity index is 1000. The van der Waals surface area contributed by atoms with Gasteiger partial charge in [0, 0.05) is 48.4 Å². The van der Waals surface area contributed by atoms with Crippen LogP contribution in [0, 0.1) is 0 Å². The summed E-state index contributed by atoms with van der Waals surface area (Å²) in [5, 5.41) is 19.6. The molecule has 2 aliphatic rings. The maximum atomic E-state index is 12.2. The summed E-state index contributed by atoms with van der Waals surface area (Å²) in [4.78, 5) is 30.7. The number of fused-ring (bicyclic) bond motifs is 3. The van der Waals surface area contributed by atoms with Crippen molar-refractivity contribution in [1.82, 2.24) is 9.88 Å². The van der Waals surface area contributed by atoms with Gasteiger partial charge in [-0.3, -0.25) is 4.79 Å². The molecule has 0 radical (unpaired) electrons. The summed E-state index contributed by atoms with van der Waals surface area (Å²) in [7, 11) is 4.17. The fourth-order valence-electron chi connectivity index (χ4n) is 3.99. The van der Waals surface area contributed by atoms with Crippen LogP contribution < -0.4 is 15.2 Å². The van der Waals surface area contributed by atoms with Crippen LogP contribution in [0.15, 0.2) is 23.0 Å². The maximum Gasteiger partial charge on any atom is 0.345 e. The minimum atomic E-state index is -1.45. The number of rotatable bonds is 3. The van der Waals surface area contributed by atoms with Crippen molar-refractivity contribution in [3.63, 3.8) is 0 Å². The van der Waals surface area contributed by atoms with Gasteiger partial charge in [0.25, 0.3) is 5.56 Å². The number of aromatic nitrogens is 1. The number of hydrogen-bond acceptors (Lipinski definition) is 6. The van der Waals surface area contributed by atoms with E-state index in [1.807, 2.05) is 18.2 Å². The van der Waals surface area contributed by atoms with Gasteiger partial charge in [0.1, 0.15) is 11.5 Å². The van der Waals surface area contributed by atoms with E-state index < -0.39 is 22.8 Å². The lowest BCUT2D eigenvalue weighted by Crippen LogP contribution is -2.31. The van der Waals surface area contributed by atoms with Gasteiger partial charge in [-0.1, -0.05) is 0 Å². The first-order valence-electron chi connectivity index (χ1n) is 9.27. The molecule has 3 heterocycles. The molecule has 156 valence electrons. The van der Waals surface area contributed by atoms with E-state index in [0.717, 1.165) is 25.2 Å². The first kappa shape index (κ1) is 21.0. The molecule has 0 spiro atoms. The molecule has 2 aliphatic heterocycles. The van der Waals surface area contributed by atoms with E-state index in [1.54, 1.807) is 0 Å². The lowest BCUT2D eigenvalue weighted by Gasteiger charge is -2.22. The van der Waals surface area contributed by atoms with Crippen molar-refractivity contribution in [3.8, 4) is 22.8 Å². The molecule has 1 aromatic carbocycles. The molecule has 8 nitrogen and oxygen atoms in total. The molecule has 0 bridgehead atoms. The number of halogens is 1. The van der Waals surface area contributed by atoms with Crippen LogP contribution in [0.4, 0.5) is 5.69 Å². The van der Waals surface area contributed by atoms with Gasteiger partial charge < -0.3 is 29.7 Å². The molecule has 4 rings (SSSR count). The Kier molecular flexibility index (Phi) is 5.77. The molecular formula is C20H24ClN3O5. The number of aromatic carboxylic acids is 1. The van der Waals surface area contributed by atoms with E-state index in [4.69, 9.17) is 4.74 Å². The second-order valence-electron chi connectivity index (χ2n) is 7.47. The SMILES string of the molecule is CN(C)[C@H]1CCN(c2ccc3c(c2)OCCc2c-3[nH]c(=O)c(C(=O)O)c2O)C1.Cl. The first-order valence-corrected chi connectivity index (χ1v) is 9.27. The third-order valence-corrected chi connectivity index (χ3v) is 5.61. The highest BCUT2D eigenvalue weighted by Crippen LogP contribution is 2.40. The van der Waals surface area contributed by atoms with Crippen LogP contribution in [0.3, 0.4) is 0 Å². The molecule has 1 saturated heterocycles. The Morgan fingerprint density at radius 3 is 2.76 bits per heavy atom. The van der Waals surface area contributed by atoms with Crippen LogP contribution in [0.5, 0.6) is 11.5 Å². The molecule has 3 N–H and O–H groups in total. The lowest BCUT2D eigenvalue weighted by molar-refractivity contribution is 0.0691. The Labute approximate surface area is 174 Å². The standard InChI is InChI=1S/C20H23N3O5.ClH/c1-22(2)12-5-7-23(10-12)11-3-4-13-15(9-11)28-8-6-14-17(13)21-19(25)16(18(14)24)20(26)27;/h3-4,9,12H,5-8,10H2,1-2H3,(H,26,27)(H2,21,24,25);1H/t12-;/m0./s1. The van der Waals surface area contributed by atoms with Gasteiger partial charge in [0.05, 0.1) is 12.3 Å². The van der Waals surface area contributed by atoms with E-state index in [9.17, 15) is 19.8 Å². The number of ether oxygens (including phenoxy) is 1. The van der Waals surface area contributed by atoms with Gasteiger partial charge in [-0.2, -0.15) is 0 Å². The second-order valence-corrected chi connectivity index (χ2v) is 7.47. The van der Waals surface area contributed by atoms with Crippen molar-refractivity contribution in [2.75, 3.05) is 38.7 Å². The maximum absolute atomic E-state index is 12.2. The number of carboxylic acids is 1. The van der Waals surface area contributed by atoms with Gasteiger partial charge in [-0.25, -0.2) is 4.79 Å². The van der Waals surface area contributed by atoms with Gasteiger partial charge in [-0.05, 0) is 32.6 Å². The number of anilines is 1. The minimum absolute atomic E-state index is 0. The van der Waals surface area contributed by atoms with E-state index in [2.05, 4.69) is 28.9 Å². The molecule has 1 fully saturated rings. The quantitative estimate of drug-likeness (QED) is 0.695. The highest BCUT2D eigenvalue weighted by molar-refractivity contribution is 5.92. The van der Waals surface area contributed by atoms with Gasteiger partial charge in [-0.15, -0.1) is 12.4 Å². The molecule has 0 amide bonds. The second kappa shape index (κ2) is 7.96. The fraction of sp³-hybridized carbons (Fsp3) is 0.400. The van der Waals surface area contributed by atoms with E-state index in [0.29, 0.717) is 35.0 Å². The smallest absolute Gasteiger partial charge is 0.345 e. The Balaban J connectivity index is 0.00000240. The molecular weight excluding hydrogens is 398 g/mol. The molecule has 1 aromatic heterocycles. The van der Waals surface area contributed by atoms with Crippen molar-refractivity contribution in [3.05, 3.63) is 39.7 Å². The molecule has 0 saturated carbocycles. The van der Waals surface area contributed by atoms with Crippen LogP contribution in [-0.4, -0.2) is 65.9 Å². The van der Waals surface area contributed by atoms with Crippen molar-refractivity contribution in [1.29, 1.82) is 0 Å². The summed E-state index contributed by atoms with van der Waals surface area (Å²) in [5.74, 6) is -1.32. The Hall–Kier alpha value is -2.71. The van der Waals surface area contributed by atoms with E-state index in [1.165, 1.54) is 0 Å². The number of pyridine rings is 1. The summed E-state index contributed by atoms with van der Waals surface area (Å²) < 4.78 is 5.88. The molecule has 9 heteroatoms. The highest BCUT2D eigenvalue weighted by Gasteiger charge is 2.28. The molecule has 1 atom stereocenters. The monoisotopic (exact) mass is 421 g/mol. The number of carboxylic acid groups (broad SMARTS) is 1. The van der Waals surface area contributed by atoms with Crippen LogP contribution in [0.1, 0.15) is 22.3 Å². The van der Waals surface area contributed by atoms with Crippen LogP contribution >= 0.6 is 12.4 Å². The van der Waals surface area contributed by atoms with Crippen molar-refractivity contribution in [2.24, 2.45) is 0 Å². The molecule has 0 aliphatic carbocycles. The van der Waals surface area contributed by atoms with Crippen LogP contribution in [-0.2, 0) is 6.42 Å². The minimum Gasteiger partial charge on any atom is -0.506 e. The zero-order valence-corrected chi connectivity index (χ0v) is 17.1. The van der Waals surface area contributed by atoms with Crippen molar-refractivity contribution < 1.29 is 19.7 Å². The van der Waals surface area contributed by atoms with E-state index >= 15 is 0 Å². The topological polar surface area (TPSA) is 106 Å². The number of hydrogen-bond donors (Lipinski definition) is 3. The van der Waals surface area contributed by atoms with Crippen molar-refractivity contribution in [2.45, 2.75) is 18.9 Å². The number of aromatic hydroxyl groups is 1. The zero-order chi connectivity index (χ0) is 20.0. The van der Waals surface area contributed by atoms with Crippen molar-refractivity contribution >= 4 is 24.1 Å².